The predicted octanol–water partition coefficient (Wildman–Crippen LogP) is 2.51. The summed E-state index contributed by atoms with van der Waals surface area (Å²) in [6.07, 6.45) is 1.82. The summed E-state index contributed by atoms with van der Waals surface area (Å²) in [7, 11) is -3.77. The molecule has 0 atom stereocenters. The van der Waals surface area contributed by atoms with E-state index in [9.17, 15) is 13.2 Å². The molecule has 3 rings (SSSR count). The minimum absolute atomic E-state index is 0.0107. The van der Waals surface area contributed by atoms with Crippen LogP contribution in [0.1, 0.15) is 16.7 Å². The normalized spacial score (nSPS) is 16.8. The molecule has 0 radical (unpaired) electrons. The number of hydrogen-bond donors (Lipinski definition) is 1. The predicted molar refractivity (Wildman–Crippen MR) is 95.4 cm³/mol. The van der Waals surface area contributed by atoms with Gasteiger partial charge in [0, 0.05) is 9.75 Å². The molecule has 1 aromatic carbocycles. The lowest BCUT2D eigenvalue weighted by molar-refractivity contribution is -0.114. The van der Waals surface area contributed by atoms with E-state index in [0.29, 0.717) is 17.0 Å². The van der Waals surface area contributed by atoms with Gasteiger partial charge in [0.15, 0.2) is 0 Å². The maximum atomic E-state index is 12.6. The SMILES string of the molecule is CC1=NN(c2ccc(S(N)(=O)=O)cc2)C(=O)/C1=C/c1ccc(C)s1. The lowest BCUT2D eigenvalue weighted by atomic mass is 10.1. The Balaban J connectivity index is 1.92. The molecule has 0 unspecified atom stereocenters. The van der Waals surface area contributed by atoms with Crippen LogP contribution in [0.2, 0.25) is 0 Å². The number of primary sulfonamides is 1. The van der Waals surface area contributed by atoms with E-state index in [1.165, 1.54) is 29.3 Å². The molecule has 24 heavy (non-hydrogen) atoms. The first-order valence-electron chi connectivity index (χ1n) is 7.07. The third-order valence-electron chi connectivity index (χ3n) is 3.52. The summed E-state index contributed by atoms with van der Waals surface area (Å²) in [5.41, 5.74) is 1.62. The van der Waals surface area contributed by atoms with E-state index in [0.717, 1.165) is 9.75 Å². The number of aryl methyl sites for hydroxylation is 1. The van der Waals surface area contributed by atoms with Crippen LogP contribution in [0.4, 0.5) is 5.69 Å². The Bertz CT molecular complexity index is 970. The maximum absolute atomic E-state index is 12.6. The number of thiophene rings is 1. The van der Waals surface area contributed by atoms with Crippen molar-refractivity contribution in [2.24, 2.45) is 10.2 Å². The summed E-state index contributed by atoms with van der Waals surface area (Å²) in [6, 6.07) is 9.67. The van der Waals surface area contributed by atoms with Crippen molar-refractivity contribution in [3.05, 3.63) is 51.7 Å². The number of hydrogen-bond acceptors (Lipinski definition) is 5. The van der Waals surface area contributed by atoms with E-state index in [1.807, 2.05) is 25.1 Å². The molecular formula is C16H15N3O3S2. The smallest absolute Gasteiger partial charge is 0.267 e. The third-order valence-corrected chi connectivity index (χ3v) is 5.40. The van der Waals surface area contributed by atoms with Gasteiger partial charge in [0.2, 0.25) is 10.0 Å². The number of rotatable bonds is 3. The second-order valence-corrected chi connectivity index (χ2v) is 8.23. The second-order valence-electron chi connectivity index (χ2n) is 5.35. The Morgan fingerprint density at radius 3 is 2.33 bits per heavy atom. The summed E-state index contributed by atoms with van der Waals surface area (Å²) in [6.45, 7) is 3.77. The minimum atomic E-state index is -3.77. The van der Waals surface area contributed by atoms with Gasteiger partial charge >= 0.3 is 0 Å². The van der Waals surface area contributed by atoms with E-state index in [-0.39, 0.29) is 10.8 Å². The number of hydrazone groups is 1. The number of benzene rings is 1. The van der Waals surface area contributed by atoms with Crippen molar-refractivity contribution in [3.8, 4) is 0 Å². The molecule has 8 heteroatoms. The Morgan fingerprint density at radius 1 is 1.12 bits per heavy atom. The molecule has 2 N–H and O–H groups in total. The first kappa shape index (κ1) is 16.6. The summed E-state index contributed by atoms with van der Waals surface area (Å²) in [5, 5.41) is 10.6. The van der Waals surface area contributed by atoms with Crippen LogP contribution in [0, 0.1) is 6.92 Å². The Kier molecular flexibility index (Phi) is 4.12. The fraction of sp³-hybridized carbons (Fsp3) is 0.125. The topological polar surface area (TPSA) is 92.8 Å². The maximum Gasteiger partial charge on any atom is 0.280 e. The molecule has 0 spiro atoms. The van der Waals surface area contributed by atoms with Gasteiger partial charge in [-0.2, -0.15) is 10.1 Å². The summed E-state index contributed by atoms with van der Waals surface area (Å²) in [4.78, 5) is 14.8. The monoisotopic (exact) mass is 361 g/mol. The zero-order chi connectivity index (χ0) is 17.5. The molecule has 1 amide bonds. The molecule has 124 valence electrons. The average molecular weight is 361 g/mol. The van der Waals surface area contributed by atoms with Crippen LogP contribution in [0.5, 0.6) is 0 Å². The highest BCUT2D eigenvalue weighted by atomic mass is 32.2. The van der Waals surface area contributed by atoms with Crippen molar-refractivity contribution in [2.75, 3.05) is 5.01 Å². The largest absolute Gasteiger partial charge is 0.280 e. The van der Waals surface area contributed by atoms with Gasteiger partial charge in [-0.3, -0.25) is 4.79 Å². The van der Waals surface area contributed by atoms with Gasteiger partial charge in [0.05, 0.1) is 21.9 Å². The van der Waals surface area contributed by atoms with Crippen LogP contribution in [0.15, 0.2) is 52.0 Å². The zero-order valence-corrected chi connectivity index (χ0v) is 14.7. The molecule has 6 nitrogen and oxygen atoms in total. The van der Waals surface area contributed by atoms with Crippen LogP contribution in [0.3, 0.4) is 0 Å². The first-order chi connectivity index (χ1) is 11.3. The number of anilines is 1. The van der Waals surface area contributed by atoms with Crippen LogP contribution in [-0.2, 0) is 14.8 Å². The van der Waals surface area contributed by atoms with Gasteiger partial charge in [-0.05, 0) is 56.3 Å². The summed E-state index contributed by atoms with van der Waals surface area (Å²) < 4.78 is 22.6. The van der Waals surface area contributed by atoms with Gasteiger partial charge in [-0.15, -0.1) is 11.3 Å². The van der Waals surface area contributed by atoms with Crippen LogP contribution in [0.25, 0.3) is 6.08 Å². The van der Waals surface area contributed by atoms with E-state index >= 15 is 0 Å². The highest BCUT2D eigenvalue weighted by Crippen LogP contribution is 2.27. The second kappa shape index (κ2) is 5.97. The highest BCUT2D eigenvalue weighted by Gasteiger charge is 2.29. The zero-order valence-electron chi connectivity index (χ0n) is 13.1. The van der Waals surface area contributed by atoms with Crippen LogP contribution < -0.4 is 10.1 Å². The number of sulfonamides is 1. The van der Waals surface area contributed by atoms with Gasteiger partial charge < -0.3 is 0 Å². The van der Waals surface area contributed by atoms with Crippen molar-refractivity contribution >= 4 is 44.7 Å². The number of nitrogens with zero attached hydrogens (tertiary/aromatic N) is 2. The highest BCUT2D eigenvalue weighted by molar-refractivity contribution is 7.89. The van der Waals surface area contributed by atoms with Crippen molar-refractivity contribution in [2.45, 2.75) is 18.7 Å². The molecular weight excluding hydrogens is 346 g/mol. The molecule has 0 fully saturated rings. The van der Waals surface area contributed by atoms with E-state index in [4.69, 9.17) is 5.14 Å². The Morgan fingerprint density at radius 2 is 1.79 bits per heavy atom. The Labute approximate surface area is 144 Å². The quantitative estimate of drug-likeness (QED) is 0.851. The molecule has 0 saturated carbocycles. The molecule has 1 aliphatic rings. The molecule has 0 saturated heterocycles. The first-order valence-corrected chi connectivity index (χ1v) is 9.43. The number of amides is 1. The minimum Gasteiger partial charge on any atom is -0.267 e. The van der Waals surface area contributed by atoms with Gasteiger partial charge in [-0.25, -0.2) is 13.6 Å². The van der Waals surface area contributed by atoms with Gasteiger partial charge in [-0.1, -0.05) is 0 Å². The number of carbonyl (C=O) groups excluding carboxylic acids is 1. The molecule has 1 aliphatic heterocycles. The number of nitrogens with two attached hydrogens (primary N) is 1. The fourth-order valence-electron chi connectivity index (χ4n) is 2.31. The van der Waals surface area contributed by atoms with Gasteiger partial charge in [0.1, 0.15) is 0 Å². The van der Waals surface area contributed by atoms with Gasteiger partial charge in [0.25, 0.3) is 5.91 Å². The molecule has 0 aliphatic carbocycles. The standard InChI is InChI=1S/C16H15N3O3S2/c1-10-3-6-13(23-10)9-15-11(2)18-19(16(15)20)12-4-7-14(8-5-12)24(17,21)22/h3-9H,1-2H3,(H2,17,21,22)/b15-9+. The Hall–Kier alpha value is -2.29. The molecule has 1 aromatic heterocycles. The van der Waals surface area contributed by atoms with Crippen LogP contribution in [-0.4, -0.2) is 20.0 Å². The van der Waals surface area contributed by atoms with E-state index < -0.39 is 10.0 Å². The molecule has 2 aromatic rings. The van der Waals surface area contributed by atoms with Crippen LogP contribution >= 0.6 is 11.3 Å². The fourth-order valence-corrected chi connectivity index (χ4v) is 3.65. The number of carbonyl (C=O) groups is 1. The summed E-state index contributed by atoms with van der Waals surface area (Å²) in [5.74, 6) is -0.248. The lowest BCUT2D eigenvalue weighted by Gasteiger charge is -2.12. The van der Waals surface area contributed by atoms with Crippen molar-refractivity contribution in [3.63, 3.8) is 0 Å². The average Bonchev–Trinajstić information content (AvgIpc) is 3.05. The van der Waals surface area contributed by atoms with E-state index in [2.05, 4.69) is 5.10 Å². The lowest BCUT2D eigenvalue weighted by Crippen LogP contribution is -2.21. The third kappa shape index (κ3) is 3.16. The van der Waals surface area contributed by atoms with Crippen molar-refractivity contribution < 1.29 is 13.2 Å². The van der Waals surface area contributed by atoms with E-state index in [1.54, 1.807) is 18.3 Å². The summed E-state index contributed by atoms with van der Waals surface area (Å²) >= 11 is 1.60. The van der Waals surface area contributed by atoms with Crippen molar-refractivity contribution in [1.29, 1.82) is 0 Å². The molecule has 2 heterocycles. The van der Waals surface area contributed by atoms with Crippen molar-refractivity contribution in [1.82, 2.24) is 0 Å². The molecule has 0 bridgehead atoms.